The lowest BCUT2D eigenvalue weighted by Crippen LogP contribution is -2.50. The number of carbonyl (C=O) groups excluding carboxylic acids is 1. The molecular formula is C23H27FN4O. The van der Waals surface area contributed by atoms with Crippen LogP contribution in [0.1, 0.15) is 17.5 Å². The zero-order valence-electron chi connectivity index (χ0n) is 17.1. The third-order valence-electron chi connectivity index (χ3n) is 5.19. The smallest absolute Gasteiger partial charge is 0.241 e. The summed E-state index contributed by atoms with van der Waals surface area (Å²) < 4.78 is 14.0. The molecule has 3 rings (SSSR count). The molecule has 29 heavy (non-hydrogen) atoms. The highest BCUT2D eigenvalue weighted by molar-refractivity contribution is 5.95. The molecule has 0 radical (unpaired) electrons. The number of hydrogen-bond acceptors (Lipinski definition) is 4. The van der Waals surface area contributed by atoms with E-state index in [4.69, 9.17) is 5.26 Å². The standard InChI is InChI=1S/C23H27FN4O/c1-18-14-19(2)16-20(15-18)28(9-5-8-25)23(29)17-26-10-12-27(13-11-26)22-7-4-3-6-21(22)24/h3-4,6-7,14-16H,5,9-13,17H2,1-2H3. The van der Waals surface area contributed by atoms with Crippen molar-refractivity contribution >= 4 is 17.3 Å². The van der Waals surface area contributed by atoms with Crippen LogP contribution in [0.2, 0.25) is 0 Å². The Morgan fingerprint density at radius 2 is 1.76 bits per heavy atom. The number of para-hydroxylation sites is 1. The van der Waals surface area contributed by atoms with E-state index in [1.165, 1.54) is 6.07 Å². The number of piperazine rings is 1. The molecule has 1 aliphatic heterocycles. The topological polar surface area (TPSA) is 50.6 Å². The molecule has 0 bridgehead atoms. The number of aryl methyl sites for hydroxylation is 2. The Hall–Kier alpha value is -2.91. The van der Waals surface area contributed by atoms with Gasteiger partial charge in [0.05, 0.1) is 24.7 Å². The van der Waals surface area contributed by atoms with E-state index in [9.17, 15) is 9.18 Å². The van der Waals surface area contributed by atoms with Gasteiger partial charge in [0.15, 0.2) is 0 Å². The molecule has 0 N–H and O–H groups in total. The molecular weight excluding hydrogens is 367 g/mol. The lowest BCUT2D eigenvalue weighted by atomic mass is 10.1. The summed E-state index contributed by atoms with van der Waals surface area (Å²) in [7, 11) is 0. The number of rotatable bonds is 6. The largest absolute Gasteiger partial charge is 0.367 e. The summed E-state index contributed by atoms with van der Waals surface area (Å²) in [6, 6.07) is 15.0. The molecule has 1 amide bonds. The molecule has 0 unspecified atom stereocenters. The molecule has 152 valence electrons. The van der Waals surface area contributed by atoms with Gasteiger partial charge in [-0.05, 0) is 49.2 Å². The number of benzene rings is 2. The normalized spacial score (nSPS) is 14.5. The van der Waals surface area contributed by atoms with E-state index >= 15 is 0 Å². The summed E-state index contributed by atoms with van der Waals surface area (Å²) >= 11 is 0. The van der Waals surface area contributed by atoms with Gasteiger partial charge in [-0.1, -0.05) is 18.2 Å². The van der Waals surface area contributed by atoms with Crippen molar-refractivity contribution < 1.29 is 9.18 Å². The molecule has 2 aromatic carbocycles. The minimum absolute atomic E-state index is 0.00964. The number of hydrogen-bond donors (Lipinski definition) is 0. The van der Waals surface area contributed by atoms with E-state index in [-0.39, 0.29) is 11.7 Å². The summed E-state index contributed by atoms with van der Waals surface area (Å²) in [5.74, 6) is -0.223. The Labute approximate surface area is 171 Å². The highest BCUT2D eigenvalue weighted by Crippen LogP contribution is 2.22. The van der Waals surface area contributed by atoms with Crippen LogP contribution in [0.3, 0.4) is 0 Å². The second kappa shape index (κ2) is 9.53. The van der Waals surface area contributed by atoms with Gasteiger partial charge in [-0.3, -0.25) is 9.69 Å². The predicted molar refractivity (Wildman–Crippen MR) is 114 cm³/mol. The number of anilines is 2. The molecule has 1 saturated heterocycles. The maximum absolute atomic E-state index is 14.0. The van der Waals surface area contributed by atoms with Gasteiger partial charge in [0.1, 0.15) is 5.82 Å². The third-order valence-corrected chi connectivity index (χ3v) is 5.19. The first-order valence-electron chi connectivity index (χ1n) is 9.95. The Bertz CT molecular complexity index is 880. The lowest BCUT2D eigenvalue weighted by molar-refractivity contribution is -0.119. The van der Waals surface area contributed by atoms with Crippen LogP contribution >= 0.6 is 0 Å². The minimum atomic E-state index is -0.213. The fourth-order valence-corrected chi connectivity index (χ4v) is 3.80. The number of nitriles is 1. The SMILES string of the molecule is Cc1cc(C)cc(N(CCC#N)C(=O)CN2CCN(c3ccccc3F)CC2)c1. The third kappa shape index (κ3) is 5.33. The Kier molecular flexibility index (Phi) is 6.84. The zero-order chi connectivity index (χ0) is 20.8. The monoisotopic (exact) mass is 394 g/mol. The van der Waals surface area contributed by atoms with Crippen LogP contribution in [0.25, 0.3) is 0 Å². The summed E-state index contributed by atoms with van der Waals surface area (Å²) in [5.41, 5.74) is 3.64. The fourth-order valence-electron chi connectivity index (χ4n) is 3.80. The van der Waals surface area contributed by atoms with Gasteiger partial charge in [-0.2, -0.15) is 5.26 Å². The van der Waals surface area contributed by atoms with Crippen LogP contribution in [0.5, 0.6) is 0 Å². The summed E-state index contributed by atoms with van der Waals surface area (Å²) in [6.07, 6.45) is 0.291. The van der Waals surface area contributed by atoms with Gasteiger partial charge in [0.25, 0.3) is 0 Å². The highest BCUT2D eigenvalue weighted by atomic mass is 19.1. The van der Waals surface area contributed by atoms with Crippen LogP contribution in [-0.4, -0.2) is 50.1 Å². The molecule has 0 spiro atoms. The number of amides is 1. The number of carbonyl (C=O) groups is 1. The molecule has 0 atom stereocenters. The molecule has 1 aliphatic rings. The van der Waals surface area contributed by atoms with Gasteiger partial charge >= 0.3 is 0 Å². The van der Waals surface area contributed by atoms with E-state index < -0.39 is 0 Å². The van der Waals surface area contributed by atoms with Crippen molar-refractivity contribution in [3.8, 4) is 6.07 Å². The fraction of sp³-hybridized carbons (Fsp3) is 0.391. The summed E-state index contributed by atoms with van der Waals surface area (Å²) in [5, 5.41) is 9.00. The van der Waals surface area contributed by atoms with Crippen molar-refractivity contribution in [2.75, 3.05) is 49.1 Å². The Morgan fingerprint density at radius 1 is 1.10 bits per heavy atom. The average molecular weight is 394 g/mol. The van der Waals surface area contributed by atoms with Gasteiger partial charge in [0, 0.05) is 38.4 Å². The molecule has 1 heterocycles. The molecule has 0 aliphatic carbocycles. The van der Waals surface area contributed by atoms with E-state index in [1.807, 2.05) is 36.9 Å². The minimum Gasteiger partial charge on any atom is -0.367 e. The zero-order valence-corrected chi connectivity index (χ0v) is 17.1. The summed E-state index contributed by atoms with van der Waals surface area (Å²) in [4.78, 5) is 18.9. The maximum Gasteiger partial charge on any atom is 0.241 e. The van der Waals surface area contributed by atoms with Crippen molar-refractivity contribution in [2.45, 2.75) is 20.3 Å². The molecule has 0 saturated carbocycles. The van der Waals surface area contributed by atoms with Crippen molar-refractivity contribution in [1.29, 1.82) is 5.26 Å². The number of halogens is 1. The van der Waals surface area contributed by atoms with Gasteiger partial charge < -0.3 is 9.80 Å². The van der Waals surface area contributed by atoms with E-state index in [1.54, 1.807) is 17.0 Å². The molecule has 6 heteroatoms. The van der Waals surface area contributed by atoms with Crippen molar-refractivity contribution in [3.05, 3.63) is 59.4 Å². The van der Waals surface area contributed by atoms with Crippen LogP contribution in [0.15, 0.2) is 42.5 Å². The average Bonchev–Trinajstić information content (AvgIpc) is 2.69. The predicted octanol–water partition coefficient (Wildman–Crippen LogP) is 3.51. The quantitative estimate of drug-likeness (QED) is 0.752. The van der Waals surface area contributed by atoms with Crippen LogP contribution in [0.4, 0.5) is 15.8 Å². The van der Waals surface area contributed by atoms with Gasteiger partial charge in [-0.25, -0.2) is 4.39 Å². The molecule has 2 aromatic rings. The maximum atomic E-state index is 14.0. The Morgan fingerprint density at radius 3 is 2.38 bits per heavy atom. The van der Waals surface area contributed by atoms with Crippen molar-refractivity contribution in [1.82, 2.24) is 4.90 Å². The first-order valence-corrected chi connectivity index (χ1v) is 9.95. The first-order chi connectivity index (χ1) is 14.0. The van der Waals surface area contributed by atoms with Gasteiger partial charge in [0.2, 0.25) is 5.91 Å². The van der Waals surface area contributed by atoms with Crippen LogP contribution in [-0.2, 0) is 4.79 Å². The highest BCUT2D eigenvalue weighted by Gasteiger charge is 2.24. The number of nitrogens with zero attached hydrogens (tertiary/aromatic N) is 4. The van der Waals surface area contributed by atoms with Gasteiger partial charge in [-0.15, -0.1) is 0 Å². The van der Waals surface area contributed by atoms with E-state index in [0.29, 0.717) is 51.4 Å². The lowest BCUT2D eigenvalue weighted by Gasteiger charge is -2.36. The van der Waals surface area contributed by atoms with Crippen molar-refractivity contribution in [2.24, 2.45) is 0 Å². The second-order valence-corrected chi connectivity index (χ2v) is 7.51. The first kappa shape index (κ1) is 20.8. The van der Waals surface area contributed by atoms with Crippen molar-refractivity contribution in [3.63, 3.8) is 0 Å². The molecule has 1 fully saturated rings. The van der Waals surface area contributed by atoms with E-state index in [0.717, 1.165) is 16.8 Å². The van der Waals surface area contributed by atoms with Crippen LogP contribution < -0.4 is 9.80 Å². The van der Waals surface area contributed by atoms with Crippen LogP contribution in [0, 0.1) is 31.0 Å². The van der Waals surface area contributed by atoms with E-state index in [2.05, 4.69) is 17.0 Å². The molecule has 5 nitrogen and oxygen atoms in total. The second-order valence-electron chi connectivity index (χ2n) is 7.51. The molecule has 0 aromatic heterocycles. The Balaban J connectivity index is 1.64. The summed E-state index contributed by atoms with van der Waals surface area (Å²) in [6.45, 7) is 7.43.